The number of methoxy groups -OCH3 is 1. The molecule has 9 heteroatoms. The number of hydrazone groups is 1. The quantitative estimate of drug-likeness (QED) is 0.412. The highest BCUT2D eigenvalue weighted by Crippen LogP contribution is 2.34. The number of anilines is 1. The lowest BCUT2D eigenvalue weighted by Gasteiger charge is -2.20. The van der Waals surface area contributed by atoms with Gasteiger partial charge in [0.05, 0.1) is 24.4 Å². The Balaban J connectivity index is 1.37. The van der Waals surface area contributed by atoms with Gasteiger partial charge in [0.2, 0.25) is 5.91 Å². The fraction of sp³-hybridized carbons (Fsp3) is 0.148. The first-order valence-corrected chi connectivity index (χ1v) is 12.8. The minimum atomic E-state index is -3.85. The maximum atomic E-state index is 13.1. The number of nitrogens with one attached hydrogen (secondary N) is 1. The van der Waals surface area contributed by atoms with Crippen LogP contribution in [0.3, 0.4) is 0 Å². The first-order chi connectivity index (χ1) is 17.4. The number of para-hydroxylation sites is 1. The number of carbonyl (C=O) groups excluding carboxylic acids is 1. The Morgan fingerprint density at radius 1 is 1.00 bits per heavy atom. The molecule has 1 aliphatic rings. The topological polar surface area (TPSA) is 101 Å². The molecule has 2 heterocycles. The van der Waals surface area contributed by atoms with Crippen molar-refractivity contribution in [1.29, 1.82) is 0 Å². The summed E-state index contributed by atoms with van der Waals surface area (Å²) in [6, 6.07) is 23.0. The predicted molar refractivity (Wildman–Crippen MR) is 138 cm³/mol. The summed E-state index contributed by atoms with van der Waals surface area (Å²) in [5.74, 6) is 0.587. The van der Waals surface area contributed by atoms with Crippen molar-refractivity contribution in [1.82, 2.24) is 9.99 Å². The molecule has 0 fully saturated rings. The fourth-order valence-electron chi connectivity index (χ4n) is 4.29. The third kappa shape index (κ3) is 4.52. The van der Waals surface area contributed by atoms with Crippen molar-refractivity contribution in [2.45, 2.75) is 24.3 Å². The molecule has 3 aromatic carbocycles. The van der Waals surface area contributed by atoms with Crippen molar-refractivity contribution in [3.05, 3.63) is 96.2 Å². The second-order valence-corrected chi connectivity index (χ2v) is 10.1. The number of carbonyl (C=O) groups is 1. The molecular weight excluding hydrogens is 476 g/mol. The number of nitrogens with zero attached hydrogens (tertiary/aromatic N) is 3. The van der Waals surface area contributed by atoms with Gasteiger partial charge in [-0.3, -0.25) is 14.5 Å². The minimum Gasteiger partial charge on any atom is -0.497 e. The number of benzene rings is 3. The molecule has 1 aromatic heterocycles. The maximum absolute atomic E-state index is 13.1. The standard InChI is InChI=1S/C27H24N4O4S/c1-18(32)31-25(20-10-14-23(35-2)15-11-20)17-24(29-31)19-8-12-22(13-9-19)30-36(33,34)26-7-3-5-21-6-4-16-28-27(21)26/h3-16,25,30H,17H2,1-2H3. The van der Waals surface area contributed by atoms with Gasteiger partial charge in [0, 0.05) is 30.6 Å². The Bertz CT molecular complexity index is 1560. The monoisotopic (exact) mass is 500 g/mol. The summed E-state index contributed by atoms with van der Waals surface area (Å²) in [7, 11) is -2.24. The van der Waals surface area contributed by atoms with Crippen LogP contribution < -0.4 is 9.46 Å². The zero-order valence-electron chi connectivity index (χ0n) is 19.8. The van der Waals surface area contributed by atoms with Gasteiger partial charge in [-0.15, -0.1) is 0 Å². The molecule has 1 atom stereocenters. The molecule has 0 aliphatic carbocycles. The Morgan fingerprint density at radius 2 is 1.72 bits per heavy atom. The van der Waals surface area contributed by atoms with E-state index in [0.717, 1.165) is 28.0 Å². The number of amides is 1. The molecule has 1 N–H and O–H groups in total. The first kappa shape index (κ1) is 23.5. The van der Waals surface area contributed by atoms with Gasteiger partial charge >= 0.3 is 0 Å². The fourth-order valence-corrected chi connectivity index (χ4v) is 5.53. The van der Waals surface area contributed by atoms with Gasteiger partial charge in [-0.05, 0) is 47.5 Å². The lowest BCUT2D eigenvalue weighted by atomic mass is 9.98. The Labute approximate surface area is 209 Å². The third-order valence-corrected chi connectivity index (χ3v) is 7.50. The lowest BCUT2D eigenvalue weighted by molar-refractivity contribution is -0.130. The summed E-state index contributed by atoms with van der Waals surface area (Å²) in [4.78, 5) is 16.6. The molecule has 0 bridgehead atoms. The zero-order valence-corrected chi connectivity index (χ0v) is 20.6. The first-order valence-electron chi connectivity index (χ1n) is 11.3. The van der Waals surface area contributed by atoms with Crippen LogP contribution in [-0.2, 0) is 14.8 Å². The van der Waals surface area contributed by atoms with Gasteiger partial charge in [0.1, 0.15) is 10.6 Å². The van der Waals surface area contributed by atoms with Crippen LogP contribution in [0.5, 0.6) is 5.75 Å². The van der Waals surface area contributed by atoms with Crippen LogP contribution in [0.15, 0.2) is 95.1 Å². The van der Waals surface area contributed by atoms with Crippen LogP contribution >= 0.6 is 0 Å². The highest BCUT2D eigenvalue weighted by atomic mass is 32.2. The van der Waals surface area contributed by atoms with E-state index in [2.05, 4.69) is 14.8 Å². The van der Waals surface area contributed by atoms with E-state index in [-0.39, 0.29) is 16.8 Å². The second-order valence-electron chi connectivity index (χ2n) is 8.42. The zero-order chi connectivity index (χ0) is 25.3. The van der Waals surface area contributed by atoms with Crippen LogP contribution in [0.1, 0.15) is 30.5 Å². The van der Waals surface area contributed by atoms with Crippen molar-refractivity contribution < 1.29 is 17.9 Å². The highest BCUT2D eigenvalue weighted by Gasteiger charge is 2.31. The number of rotatable bonds is 6. The van der Waals surface area contributed by atoms with Crippen LogP contribution in [0.4, 0.5) is 5.69 Å². The summed E-state index contributed by atoms with van der Waals surface area (Å²) in [5, 5.41) is 6.80. The second kappa shape index (κ2) is 9.43. The van der Waals surface area contributed by atoms with E-state index in [4.69, 9.17) is 4.74 Å². The van der Waals surface area contributed by atoms with Crippen molar-refractivity contribution >= 4 is 38.2 Å². The molecule has 0 saturated heterocycles. The van der Waals surface area contributed by atoms with E-state index in [0.29, 0.717) is 17.6 Å². The average molecular weight is 501 g/mol. The summed E-state index contributed by atoms with van der Waals surface area (Å²) < 4.78 is 34.0. The summed E-state index contributed by atoms with van der Waals surface area (Å²) in [5.41, 5.74) is 3.35. The number of ether oxygens (including phenoxy) is 1. The van der Waals surface area contributed by atoms with E-state index in [1.165, 1.54) is 18.0 Å². The van der Waals surface area contributed by atoms with Crippen LogP contribution in [-0.4, -0.2) is 37.1 Å². The van der Waals surface area contributed by atoms with Crippen molar-refractivity contribution in [3.63, 3.8) is 0 Å². The number of pyridine rings is 1. The summed E-state index contributed by atoms with van der Waals surface area (Å²) in [6.45, 7) is 1.49. The molecule has 36 heavy (non-hydrogen) atoms. The average Bonchev–Trinajstić information content (AvgIpc) is 3.34. The number of aromatic nitrogens is 1. The van der Waals surface area contributed by atoms with Crippen LogP contribution in [0, 0.1) is 0 Å². The molecule has 1 amide bonds. The number of sulfonamides is 1. The van der Waals surface area contributed by atoms with E-state index in [9.17, 15) is 13.2 Å². The predicted octanol–water partition coefficient (Wildman–Crippen LogP) is 4.74. The lowest BCUT2D eigenvalue weighted by Crippen LogP contribution is -2.24. The maximum Gasteiger partial charge on any atom is 0.264 e. The molecule has 5 rings (SSSR count). The molecule has 0 spiro atoms. The number of fused-ring (bicyclic) bond motifs is 1. The van der Waals surface area contributed by atoms with Gasteiger partial charge in [-0.1, -0.05) is 42.5 Å². The number of hydrogen-bond donors (Lipinski definition) is 1. The molecular formula is C27H24N4O4S. The largest absolute Gasteiger partial charge is 0.497 e. The van der Waals surface area contributed by atoms with Gasteiger partial charge < -0.3 is 4.74 Å². The molecule has 8 nitrogen and oxygen atoms in total. The minimum absolute atomic E-state index is 0.115. The molecule has 1 unspecified atom stereocenters. The third-order valence-electron chi connectivity index (χ3n) is 6.09. The van der Waals surface area contributed by atoms with E-state index in [1.54, 1.807) is 49.7 Å². The number of hydrogen-bond acceptors (Lipinski definition) is 6. The molecule has 0 saturated carbocycles. The van der Waals surface area contributed by atoms with E-state index >= 15 is 0 Å². The Morgan fingerprint density at radius 3 is 2.42 bits per heavy atom. The van der Waals surface area contributed by atoms with Gasteiger partial charge in [-0.25, -0.2) is 13.4 Å². The van der Waals surface area contributed by atoms with E-state index in [1.807, 2.05) is 36.4 Å². The van der Waals surface area contributed by atoms with Gasteiger partial charge in [0.15, 0.2) is 0 Å². The van der Waals surface area contributed by atoms with Crippen molar-refractivity contribution in [3.8, 4) is 5.75 Å². The Hall–Kier alpha value is -4.24. The molecule has 0 radical (unpaired) electrons. The molecule has 4 aromatic rings. The summed E-state index contributed by atoms with van der Waals surface area (Å²) in [6.07, 6.45) is 2.11. The van der Waals surface area contributed by atoms with Gasteiger partial charge in [-0.2, -0.15) is 5.10 Å². The normalized spacial score (nSPS) is 15.6. The Kier molecular flexibility index (Phi) is 6.15. The van der Waals surface area contributed by atoms with Gasteiger partial charge in [0.25, 0.3) is 10.0 Å². The van der Waals surface area contributed by atoms with Crippen molar-refractivity contribution in [2.75, 3.05) is 11.8 Å². The summed E-state index contributed by atoms with van der Waals surface area (Å²) >= 11 is 0. The van der Waals surface area contributed by atoms with Crippen LogP contribution in [0.2, 0.25) is 0 Å². The smallest absolute Gasteiger partial charge is 0.264 e. The molecule has 182 valence electrons. The SMILES string of the molecule is COc1ccc(C2CC(c3ccc(NS(=O)(=O)c4cccc5cccnc45)cc3)=NN2C(C)=O)cc1. The van der Waals surface area contributed by atoms with E-state index < -0.39 is 10.0 Å². The highest BCUT2D eigenvalue weighted by molar-refractivity contribution is 7.93. The molecule has 1 aliphatic heterocycles. The van der Waals surface area contributed by atoms with Crippen LogP contribution in [0.25, 0.3) is 10.9 Å². The van der Waals surface area contributed by atoms with Crippen molar-refractivity contribution in [2.24, 2.45) is 5.10 Å².